The second-order valence-corrected chi connectivity index (χ2v) is 3.73. The van der Waals surface area contributed by atoms with Crippen LogP contribution in [0.5, 0.6) is 0 Å². The van der Waals surface area contributed by atoms with Gasteiger partial charge in [-0.25, -0.2) is 0 Å². The van der Waals surface area contributed by atoms with Crippen LogP contribution >= 0.6 is 0 Å². The van der Waals surface area contributed by atoms with Gasteiger partial charge in [-0.1, -0.05) is 48.0 Å². The van der Waals surface area contributed by atoms with Crippen LogP contribution in [0.1, 0.15) is 54.4 Å². The molecule has 0 bridgehead atoms. The zero-order valence-corrected chi connectivity index (χ0v) is 10.8. The molecule has 0 amide bonds. The third kappa shape index (κ3) is 6.09. The average molecular weight is 187 g/mol. The molecule has 1 heterocycles. The van der Waals surface area contributed by atoms with Gasteiger partial charge in [-0.2, -0.15) is 0 Å². The van der Waals surface area contributed by atoms with Crippen LogP contribution in [0.25, 0.3) is 0 Å². The van der Waals surface area contributed by atoms with Crippen LogP contribution < -0.4 is 0 Å². The maximum Gasteiger partial charge on any atom is 0.00448 e. The molecule has 0 aromatic rings. The number of likely N-dealkylation sites (tertiary alicyclic amines) is 1. The van der Waals surface area contributed by atoms with Crippen LogP contribution in [0.2, 0.25) is 0 Å². The van der Waals surface area contributed by atoms with E-state index in [0.29, 0.717) is 5.41 Å². The fraction of sp³-hybridized carbons (Fsp3) is 1.00. The average Bonchev–Trinajstić information content (AvgIpc) is 2.10. The number of rotatable bonds is 2. The molecule has 0 aromatic carbocycles. The number of hydrogen-bond acceptors (Lipinski definition) is 1. The molecule has 0 saturated carbocycles. The molecule has 13 heavy (non-hydrogen) atoms. The molecule has 0 unspecified atom stereocenters. The molecule has 0 aromatic heterocycles. The van der Waals surface area contributed by atoms with Crippen molar-refractivity contribution in [1.82, 2.24) is 4.90 Å². The largest absolute Gasteiger partial charge is 0.305 e. The predicted molar refractivity (Wildman–Crippen MR) is 63.2 cm³/mol. The molecule has 0 spiro atoms. The Morgan fingerprint density at radius 3 is 1.69 bits per heavy atom. The van der Waals surface area contributed by atoms with Gasteiger partial charge < -0.3 is 4.90 Å². The van der Waals surface area contributed by atoms with Crippen LogP contribution in [0.3, 0.4) is 0 Å². The van der Waals surface area contributed by atoms with Gasteiger partial charge >= 0.3 is 0 Å². The van der Waals surface area contributed by atoms with Crippen LogP contribution in [0.15, 0.2) is 0 Å². The third-order valence-electron chi connectivity index (χ3n) is 2.16. The highest BCUT2D eigenvalue weighted by atomic mass is 15.2. The van der Waals surface area contributed by atoms with Crippen molar-refractivity contribution < 1.29 is 0 Å². The van der Waals surface area contributed by atoms with E-state index in [2.05, 4.69) is 25.8 Å². The maximum atomic E-state index is 2.39. The third-order valence-corrected chi connectivity index (χ3v) is 2.16. The van der Waals surface area contributed by atoms with Gasteiger partial charge in [-0.05, 0) is 18.9 Å². The second-order valence-electron chi connectivity index (χ2n) is 3.73. The lowest BCUT2D eigenvalue weighted by molar-refractivity contribution is 0.0311. The van der Waals surface area contributed by atoms with E-state index in [1.54, 1.807) is 0 Å². The molecule has 1 aliphatic rings. The van der Waals surface area contributed by atoms with E-state index in [1.807, 2.05) is 27.7 Å². The molecule has 1 saturated heterocycles. The fourth-order valence-electron chi connectivity index (χ4n) is 2.02. The van der Waals surface area contributed by atoms with Gasteiger partial charge in [0.25, 0.3) is 0 Å². The second kappa shape index (κ2) is 8.55. The lowest BCUT2D eigenvalue weighted by Gasteiger charge is -2.46. The summed E-state index contributed by atoms with van der Waals surface area (Å²) in [5.41, 5.74) is 0.670. The molecule has 0 aliphatic carbocycles. The molecule has 0 atom stereocenters. The first kappa shape index (κ1) is 15.4. The maximum absolute atomic E-state index is 2.39. The highest BCUT2D eigenvalue weighted by Crippen LogP contribution is 2.32. The summed E-state index contributed by atoms with van der Waals surface area (Å²) in [6, 6.07) is 0. The summed E-state index contributed by atoms with van der Waals surface area (Å²) in [4.78, 5) is 2.38. The summed E-state index contributed by atoms with van der Waals surface area (Å²) in [5.74, 6) is 0. The summed E-state index contributed by atoms with van der Waals surface area (Å²) >= 11 is 0. The standard InChI is InChI=1S/C8H17N.2C2H6/c1-4-5-8(2)6-9(3)7-8;2*1-2/h4-7H2,1-3H3;2*1-2H3. The van der Waals surface area contributed by atoms with Crippen molar-refractivity contribution in [3.05, 3.63) is 0 Å². The minimum Gasteiger partial charge on any atom is -0.305 e. The monoisotopic (exact) mass is 187 g/mol. The first-order chi connectivity index (χ1) is 6.16. The van der Waals surface area contributed by atoms with Gasteiger partial charge in [0.1, 0.15) is 0 Å². The van der Waals surface area contributed by atoms with Crippen molar-refractivity contribution in [2.75, 3.05) is 20.1 Å². The van der Waals surface area contributed by atoms with E-state index >= 15 is 0 Å². The summed E-state index contributed by atoms with van der Waals surface area (Å²) in [6.07, 6.45) is 2.74. The van der Waals surface area contributed by atoms with E-state index in [0.717, 1.165) is 0 Å². The van der Waals surface area contributed by atoms with Gasteiger partial charge in [-0.15, -0.1) is 0 Å². The Morgan fingerprint density at radius 2 is 1.46 bits per heavy atom. The number of hydrogen-bond donors (Lipinski definition) is 0. The Bertz CT molecular complexity index is 87.8. The van der Waals surface area contributed by atoms with Crippen LogP contribution in [-0.4, -0.2) is 25.0 Å². The molecular weight excluding hydrogens is 158 g/mol. The van der Waals surface area contributed by atoms with Gasteiger partial charge in [-0.3, -0.25) is 0 Å². The number of nitrogens with zero attached hydrogens (tertiary/aromatic N) is 1. The minimum absolute atomic E-state index is 0.670. The molecule has 1 nitrogen and oxygen atoms in total. The summed E-state index contributed by atoms with van der Waals surface area (Å²) in [6.45, 7) is 15.3. The highest BCUT2D eigenvalue weighted by Gasteiger charge is 2.34. The van der Waals surface area contributed by atoms with E-state index in [4.69, 9.17) is 0 Å². The predicted octanol–water partition coefficient (Wildman–Crippen LogP) is 3.79. The Morgan fingerprint density at radius 1 is 1.08 bits per heavy atom. The molecule has 1 aliphatic heterocycles. The molecular formula is C12H29N. The zero-order valence-electron chi connectivity index (χ0n) is 10.8. The molecule has 82 valence electrons. The van der Waals surface area contributed by atoms with Crippen molar-refractivity contribution in [3.63, 3.8) is 0 Å². The highest BCUT2D eigenvalue weighted by molar-refractivity contribution is 4.88. The van der Waals surface area contributed by atoms with E-state index < -0.39 is 0 Å². The molecule has 1 heteroatoms. The topological polar surface area (TPSA) is 3.24 Å². The zero-order chi connectivity index (χ0) is 10.9. The Kier molecular flexibility index (Phi) is 10.2. The van der Waals surface area contributed by atoms with E-state index in [1.165, 1.54) is 25.9 Å². The van der Waals surface area contributed by atoms with Crippen molar-refractivity contribution in [2.24, 2.45) is 5.41 Å². The smallest absolute Gasteiger partial charge is 0.00448 e. The summed E-state index contributed by atoms with van der Waals surface area (Å²) < 4.78 is 0. The fourth-order valence-corrected chi connectivity index (χ4v) is 2.02. The van der Waals surface area contributed by atoms with Crippen molar-refractivity contribution in [2.45, 2.75) is 54.4 Å². The van der Waals surface area contributed by atoms with Crippen LogP contribution in [0.4, 0.5) is 0 Å². The van der Waals surface area contributed by atoms with Gasteiger partial charge in [0.2, 0.25) is 0 Å². The van der Waals surface area contributed by atoms with Gasteiger partial charge in [0.15, 0.2) is 0 Å². The quantitative estimate of drug-likeness (QED) is 0.636. The molecule has 1 fully saturated rings. The van der Waals surface area contributed by atoms with Crippen LogP contribution in [0, 0.1) is 5.41 Å². The van der Waals surface area contributed by atoms with Gasteiger partial charge in [0.05, 0.1) is 0 Å². The van der Waals surface area contributed by atoms with E-state index in [9.17, 15) is 0 Å². The first-order valence-electron chi connectivity index (χ1n) is 5.85. The van der Waals surface area contributed by atoms with Crippen LogP contribution in [-0.2, 0) is 0 Å². The summed E-state index contributed by atoms with van der Waals surface area (Å²) in [5, 5.41) is 0. The lowest BCUT2D eigenvalue weighted by atomic mass is 9.79. The SMILES string of the molecule is CC.CC.CCCC1(C)CN(C)C1. The first-order valence-corrected chi connectivity index (χ1v) is 5.85. The minimum atomic E-state index is 0.670. The molecule has 0 N–H and O–H groups in total. The Balaban J connectivity index is 0. The van der Waals surface area contributed by atoms with Crippen molar-refractivity contribution >= 4 is 0 Å². The van der Waals surface area contributed by atoms with Crippen molar-refractivity contribution in [3.8, 4) is 0 Å². The molecule has 0 radical (unpaired) electrons. The summed E-state index contributed by atoms with van der Waals surface area (Å²) in [7, 11) is 2.19. The lowest BCUT2D eigenvalue weighted by Crippen LogP contribution is -2.52. The Labute approximate surface area is 85.5 Å². The normalized spacial score (nSPS) is 18.7. The van der Waals surface area contributed by atoms with Gasteiger partial charge in [0, 0.05) is 13.1 Å². The van der Waals surface area contributed by atoms with Crippen molar-refractivity contribution in [1.29, 1.82) is 0 Å². The van der Waals surface area contributed by atoms with E-state index in [-0.39, 0.29) is 0 Å². The Hall–Kier alpha value is -0.0400. The molecule has 1 rings (SSSR count).